The van der Waals surface area contributed by atoms with Crippen molar-refractivity contribution in [3.63, 3.8) is 0 Å². The van der Waals surface area contributed by atoms with Crippen molar-refractivity contribution in [2.24, 2.45) is 5.92 Å². The molecule has 1 unspecified atom stereocenters. The Bertz CT molecular complexity index is 436. The number of hydrogen-bond donors (Lipinski definition) is 0. The molecule has 0 heterocycles. The zero-order chi connectivity index (χ0) is 13.0. The molecular formula is C16H23Cl2Zr-. The van der Waals surface area contributed by atoms with Gasteiger partial charge in [-0.05, 0) is 6.42 Å². The minimum Gasteiger partial charge on any atom is -0.147 e. The van der Waals surface area contributed by atoms with E-state index < -0.39 is 0 Å². The zero-order valence-electron chi connectivity index (χ0n) is 12.3. The molecule has 0 amide bonds. The van der Waals surface area contributed by atoms with Gasteiger partial charge in [-0.25, -0.2) is 5.57 Å². The molecule has 0 fully saturated rings. The molecule has 0 N–H and O–H groups in total. The topological polar surface area (TPSA) is 0 Å². The summed E-state index contributed by atoms with van der Waals surface area (Å²) in [6.07, 6.45) is 11.2. The Balaban J connectivity index is 0. The first kappa shape index (κ1) is 21.6. The van der Waals surface area contributed by atoms with Crippen LogP contribution in [0.15, 0.2) is 40.5 Å². The van der Waals surface area contributed by atoms with Crippen molar-refractivity contribution in [2.75, 3.05) is 0 Å². The monoisotopic (exact) mass is 375 g/mol. The predicted molar refractivity (Wildman–Crippen MR) is 87.0 cm³/mol. The maximum absolute atomic E-state index is 3.53. The molecular weight excluding hydrogens is 354 g/mol. The fourth-order valence-corrected chi connectivity index (χ4v) is 1.99. The molecule has 1 atom stereocenters. The van der Waals surface area contributed by atoms with E-state index in [0.29, 0.717) is 5.92 Å². The van der Waals surface area contributed by atoms with Crippen molar-refractivity contribution in [3.05, 3.63) is 46.6 Å². The van der Waals surface area contributed by atoms with Crippen molar-refractivity contribution in [3.8, 4) is 0 Å². The third kappa shape index (κ3) is 6.52. The van der Waals surface area contributed by atoms with Gasteiger partial charge in [-0.1, -0.05) is 43.6 Å². The summed E-state index contributed by atoms with van der Waals surface area (Å²) >= 11 is 1.55. The average molecular weight is 377 g/mol. The van der Waals surface area contributed by atoms with Crippen LogP contribution in [0, 0.1) is 12.0 Å². The molecule has 2 aliphatic carbocycles. The summed E-state index contributed by atoms with van der Waals surface area (Å²) in [5.41, 5.74) is 5.73. The number of allylic oxidation sites excluding steroid dienone is 8. The third-order valence-electron chi connectivity index (χ3n) is 3.12. The molecule has 106 valence electrons. The van der Waals surface area contributed by atoms with Gasteiger partial charge in [0.1, 0.15) is 0 Å². The van der Waals surface area contributed by atoms with Crippen molar-refractivity contribution in [1.29, 1.82) is 0 Å². The van der Waals surface area contributed by atoms with E-state index in [0.717, 1.165) is 6.42 Å². The molecule has 0 aromatic carbocycles. The Morgan fingerprint density at radius 2 is 1.74 bits per heavy atom. The van der Waals surface area contributed by atoms with E-state index in [-0.39, 0.29) is 24.8 Å². The predicted octanol–water partition coefficient (Wildman–Crippen LogP) is 5.18. The van der Waals surface area contributed by atoms with Crippen LogP contribution in [0.5, 0.6) is 0 Å². The molecule has 0 aromatic heterocycles. The second-order valence-electron chi connectivity index (χ2n) is 4.88. The molecule has 0 radical (unpaired) electrons. The molecule has 2 aliphatic rings. The second-order valence-corrected chi connectivity index (χ2v) is 7.34. The summed E-state index contributed by atoms with van der Waals surface area (Å²) in [5, 5.41) is 0. The minimum atomic E-state index is 0. The van der Waals surface area contributed by atoms with Crippen molar-refractivity contribution < 1.29 is 24.2 Å². The third-order valence-corrected chi connectivity index (χ3v) is 3.12. The largest absolute Gasteiger partial charge is 0.147 e. The molecule has 0 saturated heterocycles. The Labute approximate surface area is 145 Å². The fraction of sp³-hybridized carbons (Fsp3) is 0.438. The zero-order valence-corrected chi connectivity index (χ0v) is 16.4. The van der Waals surface area contributed by atoms with E-state index in [1.807, 2.05) is 0 Å². The molecule has 3 heteroatoms. The maximum atomic E-state index is 3.53. The van der Waals surface area contributed by atoms with Crippen LogP contribution in [0.3, 0.4) is 0 Å². The first-order valence-corrected chi connectivity index (χ1v) is 7.31. The minimum absolute atomic E-state index is 0. The van der Waals surface area contributed by atoms with Gasteiger partial charge in [0, 0.05) is 0 Å². The van der Waals surface area contributed by atoms with Gasteiger partial charge in [0.15, 0.2) is 0 Å². The van der Waals surface area contributed by atoms with Gasteiger partial charge < -0.3 is 0 Å². The van der Waals surface area contributed by atoms with Crippen LogP contribution in [0.2, 0.25) is 0 Å². The van der Waals surface area contributed by atoms with Crippen LogP contribution in [0.4, 0.5) is 0 Å². The van der Waals surface area contributed by atoms with Crippen LogP contribution in [0.1, 0.15) is 41.0 Å². The summed E-state index contributed by atoms with van der Waals surface area (Å²) in [5.74, 6) is 0.468. The molecule has 0 saturated carbocycles. The van der Waals surface area contributed by atoms with Gasteiger partial charge in [-0.3, -0.25) is 6.08 Å². The first-order valence-electron chi connectivity index (χ1n) is 6.08. The second kappa shape index (κ2) is 10.1. The van der Waals surface area contributed by atoms with E-state index in [1.54, 1.807) is 24.2 Å². The fourth-order valence-electron chi connectivity index (χ4n) is 1.99. The van der Waals surface area contributed by atoms with Crippen LogP contribution in [0.25, 0.3) is 0 Å². The van der Waals surface area contributed by atoms with Crippen molar-refractivity contribution in [2.45, 2.75) is 41.0 Å². The summed E-state index contributed by atoms with van der Waals surface area (Å²) in [4.78, 5) is 0. The smallest absolute Gasteiger partial charge is 0.147 e. The number of rotatable bonds is 1. The molecule has 2 rings (SSSR count). The SMILES string of the molecule is CC1=[C-]C(C2=CC=CC2)C(C)=C1C.C[C](C)=[Zr].Cl.Cl. The Morgan fingerprint density at radius 3 is 2.05 bits per heavy atom. The summed E-state index contributed by atoms with van der Waals surface area (Å²) in [7, 11) is 0. The van der Waals surface area contributed by atoms with Gasteiger partial charge in [-0.2, -0.15) is 11.1 Å². The molecule has 0 bridgehead atoms. The molecule has 0 aliphatic heterocycles. The standard InChI is InChI=1S/C13H15.C3H6.2ClH.Zr/c1-9-8-13(11(3)10(9)2)12-6-4-5-7-12;1-3-2;;;/h4-6,13H,7H2,1-3H3;1-2H3;2*1H;/q-1;;;;. The Hall–Kier alpha value is 0.293. The van der Waals surface area contributed by atoms with E-state index in [2.05, 4.69) is 58.9 Å². The van der Waals surface area contributed by atoms with Crippen molar-refractivity contribution in [1.82, 2.24) is 0 Å². The van der Waals surface area contributed by atoms with Gasteiger partial charge in [0.05, 0.1) is 0 Å². The first-order chi connectivity index (χ1) is 7.93. The Kier molecular flexibility index (Phi) is 11.5. The van der Waals surface area contributed by atoms with Gasteiger partial charge in [-0.15, -0.1) is 31.7 Å². The van der Waals surface area contributed by atoms with Gasteiger partial charge >= 0.3 is 41.3 Å². The Morgan fingerprint density at radius 1 is 1.21 bits per heavy atom. The van der Waals surface area contributed by atoms with Crippen LogP contribution >= 0.6 is 24.8 Å². The normalized spacial score (nSPS) is 19.7. The average Bonchev–Trinajstić information content (AvgIpc) is 2.82. The number of halogens is 2. The van der Waals surface area contributed by atoms with E-state index in [9.17, 15) is 0 Å². The van der Waals surface area contributed by atoms with Gasteiger partial charge in [0.25, 0.3) is 0 Å². The quantitative estimate of drug-likeness (QED) is 0.553. The van der Waals surface area contributed by atoms with E-state index in [4.69, 9.17) is 0 Å². The summed E-state index contributed by atoms with van der Waals surface area (Å²) < 4.78 is 1.51. The summed E-state index contributed by atoms with van der Waals surface area (Å²) in [6.45, 7) is 10.8. The van der Waals surface area contributed by atoms with Crippen LogP contribution in [-0.4, -0.2) is 3.21 Å². The van der Waals surface area contributed by atoms with E-state index in [1.165, 1.54) is 25.5 Å². The molecule has 19 heavy (non-hydrogen) atoms. The maximum Gasteiger partial charge on any atom is -0.147 e. The molecule has 0 spiro atoms. The molecule has 0 aromatic rings. The van der Waals surface area contributed by atoms with E-state index >= 15 is 0 Å². The number of hydrogen-bond acceptors (Lipinski definition) is 0. The van der Waals surface area contributed by atoms with Crippen LogP contribution in [-0.2, 0) is 24.2 Å². The van der Waals surface area contributed by atoms with Crippen LogP contribution < -0.4 is 0 Å². The molecule has 0 nitrogen and oxygen atoms in total. The van der Waals surface area contributed by atoms with Gasteiger partial charge in [0.2, 0.25) is 0 Å². The van der Waals surface area contributed by atoms with Crippen molar-refractivity contribution >= 4 is 28.0 Å². The summed E-state index contributed by atoms with van der Waals surface area (Å²) in [6, 6.07) is 0.